The number of fused-ring (bicyclic) bond motifs is 1. The van der Waals surface area contributed by atoms with E-state index in [-0.39, 0.29) is 19.2 Å². The molecule has 152 valence electrons. The van der Waals surface area contributed by atoms with Crippen LogP contribution in [0.25, 0.3) is 10.9 Å². The van der Waals surface area contributed by atoms with Crippen molar-refractivity contribution in [3.05, 3.63) is 65.9 Å². The molecule has 2 heterocycles. The fourth-order valence-electron chi connectivity index (χ4n) is 3.65. The van der Waals surface area contributed by atoms with E-state index in [0.29, 0.717) is 19.0 Å². The lowest BCUT2D eigenvalue weighted by Gasteiger charge is -2.45. The number of carbonyl (C=O) groups excluding carboxylic acids is 1. The smallest absolute Gasteiger partial charge is 0.409 e. The molecule has 1 aromatic heterocycles. The molecular weight excluding hydrogens is 368 g/mol. The molecule has 4 rings (SSSR count). The number of nitrogens with zero attached hydrogens (tertiary/aromatic N) is 1. The van der Waals surface area contributed by atoms with Crippen LogP contribution in [-0.4, -0.2) is 40.8 Å². The Morgan fingerprint density at radius 2 is 1.97 bits per heavy atom. The summed E-state index contributed by atoms with van der Waals surface area (Å²) in [5.41, 5.74) is 1.59. The van der Waals surface area contributed by atoms with E-state index in [2.05, 4.69) is 4.98 Å². The molecule has 6 nitrogen and oxygen atoms in total. The Bertz CT molecular complexity index is 977. The van der Waals surface area contributed by atoms with Crippen LogP contribution in [0, 0.1) is 0 Å². The molecule has 0 unspecified atom stereocenters. The molecule has 6 heteroatoms. The summed E-state index contributed by atoms with van der Waals surface area (Å²) in [5.74, 6) is 0.708. The van der Waals surface area contributed by atoms with E-state index in [1.807, 2.05) is 55.5 Å². The van der Waals surface area contributed by atoms with E-state index >= 15 is 0 Å². The molecule has 0 spiro atoms. The summed E-state index contributed by atoms with van der Waals surface area (Å²) in [6.45, 7) is 3.31. The Labute approximate surface area is 170 Å². The molecule has 1 aliphatic rings. The Morgan fingerprint density at radius 1 is 1.17 bits per heavy atom. The van der Waals surface area contributed by atoms with Crippen molar-refractivity contribution < 1.29 is 19.4 Å². The molecule has 0 atom stereocenters. The Hall–Kier alpha value is -2.99. The zero-order chi connectivity index (χ0) is 20.3. The number of hydrogen-bond acceptors (Lipinski definition) is 4. The van der Waals surface area contributed by atoms with Gasteiger partial charge in [0.25, 0.3) is 0 Å². The minimum atomic E-state index is -1.12. The number of ether oxygens (including phenoxy) is 2. The van der Waals surface area contributed by atoms with E-state index in [1.165, 1.54) is 4.90 Å². The first-order valence-electron chi connectivity index (χ1n) is 10.0. The number of likely N-dealkylation sites (tertiary alicyclic amines) is 1. The molecule has 29 heavy (non-hydrogen) atoms. The van der Waals surface area contributed by atoms with Crippen molar-refractivity contribution >= 4 is 17.0 Å². The van der Waals surface area contributed by atoms with Crippen LogP contribution in [-0.2, 0) is 16.9 Å². The number of nitrogens with one attached hydrogen (secondary N) is 1. The van der Waals surface area contributed by atoms with Gasteiger partial charge in [-0.25, -0.2) is 4.79 Å². The van der Waals surface area contributed by atoms with Crippen LogP contribution in [0.2, 0.25) is 0 Å². The third kappa shape index (κ3) is 3.93. The summed E-state index contributed by atoms with van der Waals surface area (Å²) in [4.78, 5) is 16.8. The van der Waals surface area contributed by atoms with Crippen LogP contribution < -0.4 is 4.74 Å². The van der Waals surface area contributed by atoms with Crippen molar-refractivity contribution in [2.45, 2.75) is 32.0 Å². The molecule has 1 saturated heterocycles. The van der Waals surface area contributed by atoms with E-state index in [4.69, 9.17) is 9.47 Å². The number of H-pyrrole nitrogens is 1. The number of unbranched alkanes of at least 4 members (excludes halogenated alkanes) is 1. The highest BCUT2D eigenvalue weighted by molar-refractivity contribution is 5.90. The minimum absolute atomic E-state index is 0.206. The number of aliphatic hydroxyl groups is 1. The van der Waals surface area contributed by atoms with Gasteiger partial charge in [-0.05, 0) is 24.1 Å². The van der Waals surface area contributed by atoms with Gasteiger partial charge in [-0.2, -0.15) is 0 Å². The number of hydrogen-bond donors (Lipinski definition) is 2. The first kappa shape index (κ1) is 19.3. The number of aromatic nitrogens is 1. The van der Waals surface area contributed by atoms with Crippen molar-refractivity contribution in [2.24, 2.45) is 0 Å². The van der Waals surface area contributed by atoms with Gasteiger partial charge >= 0.3 is 6.09 Å². The number of benzene rings is 2. The molecule has 1 aliphatic heterocycles. The second kappa shape index (κ2) is 8.17. The lowest BCUT2D eigenvalue weighted by Crippen LogP contribution is -2.61. The molecule has 2 aromatic carbocycles. The van der Waals surface area contributed by atoms with E-state index in [0.717, 1.165) is 34.9 Å². The first-order chi connectivity index (χ1) is 14.1. The normalized spacial score (nSPS) is 15.2. The van der Waals surface area contributed by atoms with Gasteiger partial charge in [0.1, 0.15) is 18.0 Å². The SMILES string of the molecule is CCCCOC(=O)N1CC(O)(c2c[nH]c3cccc(OCc4ccccc4)c23)C1. The quantitative estimate of drug-likeness (QED) is 0.590. The zero-order valence-electron chi connectivity index (χ0n) is 16.6. The van der Waals surface area contributed by atoms with Crippen LogP contribution in [0.4, 0.5) is 4.79 Å². The molecular formula is C23H26N2O4. The number of carbonyl (C=O) groups is 1. The highest BCUT2D eigenvalue weighted by atomic mass is 16.6. The number of amides is 1. The summed E-state index contributed by atoms with van der Waals surface area (Å²) >= 11 is 0. The van der Waals surface area contributed by atoms with Gasteiger partial charge in [0.2, 0.25) is 0 Å². The standard InChI is InChI=1S/C23H26N2O4/c1-2-3-12-28-22(26)25-15-23(27,16-25)18-13-24-19-10-7-11-20(21(18)19)29-14-17-8-5-4-6-9-17/h4-11,13,24,27H,2-3,12,14-16H2,1H3. The number of β-amino-alcohol motifs (C(OH)–C–C–N with tert-alkyl or cyclic N) is 1. The van der Waals surface area contributed by atoms with Gasteiger partial charge in [-0.15, -0.1) is 0 Å². The van der Waals surface area contributed by atoms with Gasteiger partial charge < -0.3 is 24.5 Å². The second-order valence-corrected chi connectivity index (χ2v) is 7.51. The highest BCUT2D eigenvalue weighted by Gasteiger charge is 2.47. The van der Waals surface area contributed by atoms with Gasteiger partial charge in [0.05, 0.1) is 19.7 Å². The second-order valence-electron chi connectivity index (χ2n) is 7.51. The largest absolute Gasteiger partial charge is 0.488 e. The van der Waals surface area contributed by atoms with E-state index < -0.39 is 5.60 Å². The van der Waals surface area contributed by atoms with Crippen molar-refractivity contribution in [1.82, 2.24) is 9.88 Å². The molecule has 0 aliphatic carbocycles. The van der Waals surface area contributed by atoms with Crippen LogP contribution in [0.5, 0.6) is 5.75 Å². The summed E-state index contributed by atoms with van der Waals surface area (Å²) in [5, 5.41) is 12.0. The Balaban J connectivity index is 1.50. The van der Waals surface area contributed by atoms with E-state index in [9.17, 15) is 9.90 Å². The maximum atomic E-state index is 12.1. The summed E-state index contributed by atoms with van der Waals surface area (Å²) < 4.78 is 11.3. The fourth-order valence-corrected chi connectivity index (χ4v) is 3.65. The van der Waals surface area contributed by atoms with Gasteiger partial charge in [-0.1, -0.05) is 49.7 Å². The van der Waals surface area contributed by atoms with Crippen molar-refractivity contribution in [3.63, 3.8) is 0 Å². The van der Waals surface area contributed by atoms with Crippen LogP contribution >= 0.6 is 0 Å². The average Bonchev–Trinajstić information content (AvgIpc) is 3.16. The van der Waals surface area contributed by atoms with Crippen molar-refractivity contribution in [1.29, 1.82) is 0 Å². The Kier molecular flexibility index (Phi) is 5.45. The zero-order valence-corrected chi connectivity index (χ0v) is 16.6. The molecule has 0 saturated carbocycles. The monoisotopic (exact) mass is 394 g/mol. The lowest BCUT2D eigenvalue weighted by atomic mass is 9.86. The number of aromatic amines is 1. The summed E-state index contributed by atoms with van der Waals surface area (Å²) in [6, 6.07) is 15.7. The van der Waals surface area contributed by atoms with Crippen molar-refractivity contribution in [2.75, 3.05) is 19.7 Å². The van der Waals surface area contributed by atoms with Crippen molar-refractivity contribution in [3.8, 4) is 5.75 Å². The average molecular weight is 394 g/mol. The maximum Gasteiger partial charge on any atom is 0.409 e. The summed E-state index contributed by atoms with van der Waals surface area (Å²) in [6.07, 6.45) is 3.25. The van der Waals surface area contributed by atoms with Gasteiger partial charge in [-0.3, -0.25) is 0 Å². The van der Waals surface area contributed by atoms with Crippen LogP contribution in [0.15, 0.2) is 54.7 Å². The lowest BCUT2D eigenvalue weighted by molar-refractivity contribution is -0.0932. The Morgan fingerprint density at radius 3 is 2.72 bits per heavy atom. The minimum Gasteiger partial charge on any atom is -0.488 e. The maximum absolute atomic E-state index is 12.1. The molecule has 3 aromatic rings. The molecule has 1 fully saturated rings. The molecule has 0 bridgehead atoms. The highest BCUT2D eigenvalue weighted by Crippen LogP contribution is 2.40. The predicted molar refractivity (Wildman–Crippen MR) is 111 cm³/mol. The fraction of sp³-hybridized carbons (Fsp3) is 0.348. The van der Waals surface area contributed by atoms with Gasteiger partial charge in [0.15, 0.2) is 0 Å². The topological polar surface area (TPSA) is 74.8 Å². The van der Waals surface area contributed by atoms with E-state index in [1.54, 1.807) is 6.20 Å². The predicted octanol–water partition coefficient (Wildman–Crippen LogP) is 4.19. The third-order valence-corrected chi connectivity index (χ3v) is 5.29. The van der Waals surface area contributed by atoms with Gasteiger partial charge in [0, 0.05) is 22.7 Å². The molecule has 0 radical (unpaired) electrons. The van der Waals surface area contributed by atoms with Crippen LogP contribution in [0.3, 0.4) is 0 Å². The molecule has 2 N–H and O–H groups in total. The molecule has 1 amide bonds. The summed E-state index contributed by atoms with van der Waals surface area (Å²) in [7, 11) is 0. The first-order valence-corrected chi connectivity index (χ1v) is 10.0. The van der Waals surface area contributed by atoms with Crippen LogP contribution in [0.1, 0.15) is 30.9 Å². The number of rotatable bonds is 7. The third-order valence-electron chi connectivity index (χ3n) is 5.29.